The van der Waals surface area contributed by atoms with E-state index in [0.717, 1.165) is 12.8 Å². The second-order valence-electron chi connectivity index (χ2n) is 7.60. The number of rotatable bonds is 6. The lowest BCUT2D eigenvalue weighted by molar-refractivity contribution is -0.154. The molecule has 2 aromatic carbocycles. The van der Waals surface area contributed by atoms with Crippen molar-refractivity contribution in [2.45, 2.75) is 25.0 Å². The minimum Gasteiger partial charge on any atom is -0.386 e. The first-order valence-corrected chi connectivity index (χ1v) is 9.73. The van der Waals surface area contributed by atoms with Crippen LogP contribution in [0, 0.1) is 11.7 Å². The third-order valence-corrected chi connectivity index (χ3v) is 5.37. The number of morpholine rings is 1. The second-order valence-corrected chi connectivity index (χ2v) is 7.60. The molecule has 1 aliphatic heterocycles. The molecule has 0 aromatic heterocycles. The number of benzene rings is 2. The Morgan fingerprint density at radius 2 is 1.86 bits per heavy atom. The predicted octanol–water partition coefficient (Wildman–Crippen LogP) is 2.75. The van der Waals surface area contributed by atoms with E-state index >= 15 is 0 Å². The molecule has 1 saturated heterocycles. The van der Waals surface area contributed by atoms with Crippen molar-refractivity contribution in [2.24, 2.45) is 5.92 Å². The van der Waals surface area contributed by atoms with Crippen LogP contribution in [-0.2, 0) is 9.53 Å². The molecule has 2 aliphatic rings. The van der Waals surface area contributed by atoms with Crippen LogP contribution in [0.4, 0.5) is 10.1 Å². The highest BCUT2D eigenvalue weighted by molar-refractivity contribution is 6.04. The van der Waals surface area contributed by atoms with Crippen LogP contribution in [0.3, 0.4) is 0 Å². The molecule has 152 valence electrons. The standard InChI is InChI=1S/C22H23FN2O4/c23-17-7-3-16(4-8-17)22(28)24-18-9-5-15(6-10-18)21(27)19-12-29-13-20(26)25(19)11-14-1-2-14/h3-10,14,19,21,27H,1-2,11-13H2,(H,24,28)/t19-,21-/m1/s1. The fraction of sp³-hybridized carbons (Fsp3) is 0.364. The average Bonchev–Trinajstić information content (AvgIpc) is 3.54. The first-order chi connectivity index (χ1) is 14.0. The molecule has 0 spiro atoms. The van der Waals surface area contributed by atoms with Gasteiger partial charge in [-0.1, -0.05) is 12.1 Å². The van der Waals surface area contributed by atoms with Gasteiger partial charge in [-0.3, -0.25) is 9.59 Å². The third-order valence-electron chi connectivity index (χ3n) is 5.37. The number of ether oxygens (including phenoxy) is 1. The largest absolute Gasteiger partial charge is 0.386 e. The lowest BCUT2D eigenvalue weighted by atomic mass is 9.99. The summed E-state index contributed by atoms with van der Waals surface area (Å²) < 4.78 is 18.4. The number of anilines is 1. The molecule has 0 radical (unpaired) electrons. The van der Waals surface area contributed by atoms with Crippen LogP contribution < -0.4 is 5.32 Å². The zero-order chi connectivity index (χ0) is 20.4. The van der Waals surface area contributed by atoms with Crippen LogP contribution in [0.25, 0.3) is 0 Å². The van der Waals surface area contributed by atoms with Crippen molar-refractivity contribution in [3.05, 3.63) is 65.5 Å². The number of nitrogens with zero attached hydrogens (tertiary/aromatic N) is 1. The number of nitrogens with one attached hydrogen (secondary N) is 1. The van der Waals surface area contributed by atoms with E-state index in [1.54, 1.807) is 29.2 Å². The fourth-order valence-corrected chi connectivity index (χ4v) is 3.49. The van der Waals surface area contributed by atoms with Crippen molar-refractivity contribution in [1.29, 1.82) is 0 Å². The first kappa shape index (κ1) is 19.5. The van der Waals surface area contributed by atoms with Crippen molar-refractivity contribution >= 4 is 17.5 Å². The minimum absolute atomic E-state index is 0.0598. The number of aliphatic hydroxyl groups is 1. The minimum atomic E-state index is -0.875. The quantitative estimate of drug-likeness (QED) is 0.784. The lowest BCUT2D eigenvalue weighted by Crippen LogP contribution is -2.52. The summed E-state index contributed by atoms with van der Waals surface area (Å²) in [6, 6.07) is 11.7. The van der Waals surface area contributed by atoms with Gasteiger partial charge >= 0.3 is 0 Å². The van der Waals surface area contributed by atoms with Gasteiger partial charge in [-0.15, -0.1) is 0 Å². The Balaban J connectivity index is 1.42. The molecule has 6 nitrogen and oxygen atoms in total. The Hall–Kier alpha value is -2.77. The first-order valence-electron chi connectivity index (χ1n) is 9.73. The molecule has 0 bridgehead atoms. The maximum Gasteiger partial charge on any atom is 0.255 e. The van der Waals surface area contributed by atoms with Crippen molar-refractivity contribution in [1.82, 2.24) is 4.90 Å². The van der Waals surface area contributed by atoms with Gasteiger partial charge in [0.1, 0.15) is 18.5 Å². The molecule has 2 amide bonds. The highest BCUT2D eigenvalue weighted by Crippen LogP contribution is 2.33. The molecule has 2 atom stereocenters. The van der Waals surface area contributed by atoms with Gasteiger partial charge in [-0.2, -0.15) is 0 Å². The van der Waals surface area contributed by atoms with Gasteiger partial charge in [0.05, 0.1) is 12.6 Å². The van der Waals surface area contributed by atoms with Crippen LogP contribution >= 0.6 is 0 Å². The van der Waals surface area contributed by atoms with E-state index in [1.165, 1.54) is 24.3 Å². The Morgan fingerprint density at radius 1 is 1.17 bits per heavy atom. The summed E-state index contributed by atoms with van der Waals surface area (Å²) >= 11 is 0. The van der Waals surface area contributed by atoms with Crippen LogP contribution in [-0.4, -0.2) is 47.6 Å². The summed E-state index contributed by atoms with van der Waals surface area (Å²) in [6.45, 7) is 1.02. The molecule has 1 saturated carbocycles. The summed E-state index contributed by atoms with van der Waals surface area (Å²) in [5.41, 5.74) is 1.55. The molecule has 2 N–H and O–H groups in total. The summed E-state index contributed by atoms with van der Waals surface area (Å²) in [7, 11) is 0. The normalized spacial score (nSPS) is 20.4. The predicted molar refractivity (Wildman–Crippen MR) is 105 cm³/mol. The highest BCUT2D eigenvalue weighted by atomic mass is 19.1. The number of hydrogen-bond acceptors (Lipinski definition) is 4. The SMILES string of the molecule is O=C(Nc1ccc([C@@H](O)[C@H]2COCC(=O)N2CC2CC2)cc1)c1ccc(F)cc1. The number of halogens is 1. The van der Waals surface area contributed by atoms with E-state index in [4.69, 9.17) is 4.74 Å². The van der Waals surface area contributed by atoms with E-state index < -0.39 is 18.0 Å². The lowest BCUT2D eigenvalue weighted by Gasteiger charge is -2.38. The molecule has 1 heterocycles. The van der Waals surface area contributed by atoms with Crippen molar-refractivity contribution in [3.8, 4) is 0 Å². The monoisotopic (exact) mass is 398 g/mol. The molecule has 0 unspecified atom stereocenters. The summed E-state index contributed by atoms with van der Waals surface area (Å²) in [4.78, 5) is 26.2. The summed E-state index contributed by atoms with van der Waals surface area (Å²) in [5, 5.41) is 13.6. The fourth-order valence-electron chi connectivity index (χ4n) is 3.49. The third kappa shape index (κ3) is 4.63. The highest BCUT2D eigenvalue weighted by Gasteiger charge is 2.37. The van der Waals surface area contributed by atoms with Crippen LogP contribution in [0.1, 0.15) is 34.9 Å². The Morgan fingerprint density at radius 3 is 2.52 bits per heavy atom. The molecule has 1 aliphatic carbocycles. The molecule has 2 aromatic rings. The molecular formula is C22H23FN2O4. The molecular weight excluding hydrogens is 375 g/mol. The summed E-state index contributed by atoms with van der Waals surface area (Å²) in [6.07, 6.45) is 1.37. The van der Waals surface area contributed by atoms with Crippen molar-refractivity contribution < 1.29 is 23.8 Å². The van der Waals surface area contributed by atoms with Crippen molar-refractivity contribution in [3.63, 3.8) is 0 Å². The average molecular weight is 398 g/mol. The van der Waals surface area contributed by atoms with Crippen LogP contribution in [0.2, 0.25) is 0 Å². The Kier molecular flexibility index (Phi) is 5.60. The number of carbonyl (C=O) groups is 2. The Bertz CT molecular complexity index is 881. The second kappa shape index (κ2) is 8.31. The zero-order valence-corrected chi connectivity index (χ0v) is 15.9. The van der Waals surface area contributed by atoms with Gasteiger partial charge < -0.3 is 20.1 Å². The topological polar surface area (TPSA) is 78.9 Å². The van der Waals surface area contributed by atoms with E-state index in [9.17, 15) is 19.1 Å². The molecule has 2 fully saturated rings. The number of hydrogen-bond donors (Lipinski definition) is 2. The van der Waals surface area contributed by atoms with E-state index in [0.29, 0.717) is 35.9 Å². The van der Waals surface area contributed by atoms with Gasteiger partial charge in [0, 0.05) is 17.8 Å². The number of carbonyl (C=O) groups excluding carboxylic acids is 2. The van der Waals surface area contributed by atoms with E-state index in [-0.39, 0.29) is 18.4 Å². The van der Waals surface area contributed by atoms with Gasteiger partial charge in [0.15, 0.2) is 0 Å². The molecule has 7 heteroatoms. The smallest absolute Gasteiger partial charge is 0.255 e. The number of aliphatic hydroxyl groups excluding tert-OH is 1. The maximum absolute atomic E-state index is 13.0. The summed E-state index contributed by atoms with van der Waals surface area (Å²) in [5.74, 6) is -0.313. The Labute approximate surface area is 168 Å². The van der Waals surface area contributed by atoms with E-state index in [2.05, 4.69) is 5.32 Å². The van der Waals surface area contributed by atoms with E-state index in [1.807, 2.05) is 0 Å². The molecule has 29 heavy (non-hydrogen) atoms. The molecule has 4 rings (SSSR count). The van der Waals surface area contributed by atoms with Gasteiger partial charge in [-0.25, -0.2) is 4.39 Å². The number of amides is 2. The van der Waals surface area contributed by atoms with Gasteiger partial charge in [0.2, 0.25) is 5.91 Å². The maximum atomic E-state index is 13.0. The zero-order valence-electron chi connectivity index (χ0n) is 15.9. The van der Waals surface area contributed by atoms with Gasteiger partial charge in [-0.05, 0) is 60.7 Å². The van der Waals surface area contributed by atoms with Gasteiger partial charge in [0.25, 0.3) is 5.91 Å². The van der Waals surface area contributed by atoms with Crippen molar-refractivity contribution in [2.75, 3.05) is 25.1 Å². The van der Waals surface area contributed by atoms with Crippen LogP contribution in [0.15, 0.2) is 48.5 Å². The van der Waals surface area contributed by atoms with Crippen LogP contribution in [0.5, 0.6) is 0 Å².